The third-order valence-corrected chi connectivity index (χ3v) is 9.57. The van der Waals surface area contributed by atoms with Gasteiger partial charge in [0, 0.05) is 0 Å². The molecule has 0 N–H and O–H groups in total. The second-order valence-electron chi connectivity index (χ2n) is 15.6. The van der Waals surface area contributed by atoms with Gasteiger partial charge in [0.25, 0.3) is 0 Å². The molecule has 280 valence electrons. The summed E-state index contributed by atoms with van der Waals surface area (Å²) >= 11 is 1.36. The van der Waals surface area contributed by atoms with Crippen LogP contribution in [0.25, 0.3) is 43.8 Å². The molecule has 0 nitrogen and oxygen atoms in total. The molecule has 0 saturated heterocycles. The van der Waals surface area contributed by atoms with Gasteiger partial charge in [0.15, 0.2) is 0 Å². The summed E-state index contributed by atoms with van der Waals surface area (Å²) < 4.78 is 0. The summed E-state index contributed by atoms with van der Waals surface area (Å²) in [4.78, 5) is 0. The van der Waals surface area contributed by atoms with E-state index >= 15 is 0 Å². The summed E-state index contributed by atoms with van der Waals surface area (Å²) in [6.45, 7) is 25.6. The van der Waals surface area contributed by atoms with Gasteiger partial charge in [0.2, 0.25) is 0 Å². The van der Waals surface area contributed by atoms with E-state index in [1.165, 1.54) is 114 Å². The van der Waals surface area contributed by atoms with E-state index in [-0.39, 0.29) is 50.5 Å². The molecule has 0 saturated carbocycles. The summed E-state index contributed by atoms with van der Waals surface area (Å²) in [7, 11) is 0. The Balaban J connectivity index is 0.000000899. The molecule has 6 aromatic carbocycles. The van der Waals surface area contributed by atoms with Crippen LogP contribution in [-0.2, 0) is 34.2 Å². The Morgan fingerprint density at radius 1 is 0.635 bits per heavy atom. The monoisotopic (exact) mass is 826 g/mol. The van der Waals surface area contributed by atoms with Gasteiger partial charge in [0.1, 0.15) is 0 Å². The zero-order valence-electron chi connectivity index (χ0n) is 33.8. The molecule has 0 heterocycles. The second-order valence-corrected chi connectivity index (χ2v) is 15.6. The fourth-order valence-corrected chi connectivity index (χ4v) is 6.63. The molecule has 0 amide bonds. The predicted molar refractivity (Wildman–Crippen MR) is 238 cm³/mol. The average molecular weight is 829 g/mol. The van der Waals surface area contributed by atoms with E-state index in [1.54, 1.807) is 0 Å². The standard InChI is InChI=1S/C25H31.C21H23.2CH3.2ClH.Si.Zr/c1-6-7-9-18(2)21-16-20-10-8-11-23(24(20)17-21)19-12-14-22(15-13-19)25(3,4)5;1-14-10-17-11-15(2)13-20(17)19(12-14)16-6-8-18(9-7-16)21(3,4)5;;;;;;/h8,10-18H,6-7,9H2,1-5H3;6-13H,1-5H3;2*1H3;2*1H;;/q4*-1;;;;. The number of unbranched alkanes of at least 4 members (excludes halogenated alkanes) is 1. The molecule has 0 spiro atoms. The molecule has 0 bridgehead atoms. The van der Waals surface area contributed by atoms with Gasteiger partial charge in [-0.05, 0) is 52.3 Å². The van der Waals surface area contributed by atoms with Crippen molar-refractivity contribution in [1.82, 2.24) is 0 Å². The summed E-state index contributed by atoms with van der Waals surface area (Å²) in [6.07, 6.45) is 3.86. The van der Waals surface area contributed by atoms with E-state index in [0.717, 1.165) is 0 Å². The van der Waals surface area contributed by atoms with E-state index in [2.05, 4.69) is 179 Å². The Kier molecular flexibility index (Phi) is 20.7. The fourth-order valence-electron chi connectivity index (χ4n) is 6.63. The summed E-state index contributed by atoms with van der Waals surface area (Å²) in [5.41, 5.74) is 12.6. The maximum atomic E-state index is 3.06. The van der Waals surface area contributed by atoms with Crippen molar-refractivity contribution in [3.8, 4) is 22.3 Å². The molecule has 6 aromatic rings. The molecule has 0 fully saturated rings. The molecule has 6 rings (SSSR count). The van der Waals surface area contributed by atoms with E-state index in [1.807, 2.05) is 0 Å². The van der Waals surface area contributed by atoms with Crippen LogP contribution in [0.2, 0.25) is 0 Å². The molecule has 0 aliphatic carbocycles. The van der Waals surface area contributed by atoms with E-state index in [0.29, 0.717) is 5.92 Å². The molecule has 52 heavy (non-hydrogen) atoms. The number of benzene rings is 4. The Morgan fingerprint density at radius 2 is 1.13 bits per heavy atom. The third kappa shape index (κ3) is 12.4. The van der Waals surface area contributed by atoms with Crippen LogP contribution in [0, 0.1) is 28.7 Å². The van der Waals surface area contributed by atoms with Gasteiger partial charge < -0.3 is 14.9 Å². The van der Waals surface area contributed by atoms with Crippen molar-refractivity contribution in [3.63, 3.8) is 0 Å². The maximum absolute atomic E-state index is 3.06. The van der Waals surface area contributed by atoms with Gasteiger partial charge in [-0.15, -0.1) is 87.8 Å². The van der Waals surface area contributed by atoms with Gasteiger partial charge in [0.05, 0.1) is 0 Å². The SMILES string of the molecule is CCCCC(C)c1cc2c(-c3ccc(C(C)(C)C)cc3)cccc2[cH-]1.Cc1cc(-c2ccc(C(C)(C)C)cc2)c2cc(C)[cH-]c2c1.Cl.Cl.[CH3-].[CH3-].[Si]=[Zr]. The molecule has 0 aliphatic heterocycles. The number of hydrogen-bond donors (Lipinski definition) is 0. The molecule has 1 unspecified atom stereocenters. The van der Waals surface area contributed by atoms with Crippen molar-refractivity contribution >= 4 is 53.2 Å². The number of fused-ring (bicyclic) bond motifs is 2. The molecular weight excluding hydrogens is 767 g/mol. The Bertz CT molecular complexity index is 1930. The predicted octanol–water partition coefficient (Wildman–Crippen LogP) is 15.3. The number of halogens is 2. The number of aryl methyl sites for hydroxylation is 2. The van der Waals surface area contributed by atoms with Gasteiger partial charge in [-0.2, -0.15) is 12.1 Å². The van der Waals surface area contributed by atoms with Crippen LogP contribution in [0.15, 0.2) is 103 Å². The van der Waals surface area contributed by atoms with Crippen LogP contribution >= 0.6 is 24.8 Å². The van der Waals surface area contributed by atoms with E-state index < -0.39 is 0 Å². The summed E-state index contributed by atoms with van der Waals surface area (Å²) in [6, 6.07) is 38.8. The van der Waals surface area contributed by atoms with Crippen LogP contribution in [0.4, 0.5) is 0 Å². The van der Waals surface area contributed by atoms with Crippen molar-refractivity contribution in [2.24, 2.45) is 0 Å². The van der Waals surface area contributed by atoms with Gasteiger partial charge in [-0.25, -0.2) is 0 Å². The zero-order chi connectivity index (χ0) is 35.2. The first-order valence-corrected chi connectivity index (χ1v) is 21.8. The summed E-state index contributed by atoms with van der Waals surface area (Å²) in [5.74, 6) is 0.642. The number of hydrogen-bond acceptors (Lipinski definition) is 0. The van der Waals surface area contributed by atoms with Crippen LogP contribution in [0.5, 0.6) is 0 Å². The summed E-state index contributed by atoms with van der Waals surface area (Å²) in [5, 5.41) is 5.48. The van der Waals surface area contributed by atoms with Crippen molar-refractivity contribution in [2.45, 2.75) is 105 Å². The first-order chi connectivity index (χ1) is 22.7. The minimum absolute atomic E-state index is 0. The minimum atomic E-state index is 0. The molecule has 0 aliphatic rings. The van der Waals surface area contributed by atoms with Crippen LogP contribution < -0.4 is 0 Å². The second kappa shape index (κ2) is 21.6. The van der Waals surface area contributed by atoms with Gasteiger partial charge in [-0.1, -0.05) is 153 Å². The van der Waals surface area contributed by atoms with E-state index in [4.69, 9.17) is 0 Å². The third-order valence-electron chi connectivity index (χ3n) is 9.57. The van der Waals surface area contributed by atoms with Crippen molar-refractivity contribution < 1.29 is 23.3 Å². The zero-order valence-corrected chi connectivity index (χ0v) is 38.9. The Morgan fingerprint density at radius 3 is 1.63 bits per heavy atom. The average Bonchev–Trinajstić information content (AvgIpc) is 3.67. The van der Waals surface area contributed by atoms with Crippen LogP contribution in [-0.4, -0.2) is 6.88 Å². The van der Waals surface area contributed by atoms with Crippen LogP contribution in [0.3, 0.4) is 0 Å². The van der Waals surface area contributed by atoms with Crippen LogP contribution in [0.1, 0.15) is 108 Å². The first-order valence-electron chi connectivity index (χ1n) is 17.6. The molecule has 4 heteroatoms. The first kappa shape index (κ1) is 49.8. The van der Waals surface area contributed by atoms with Crippen molar-refractivity contribution in [3.05, 3.63) is 146 Å². The van der Waals surface area contributed by atoms with E-state index in [9.17, 15) is 0 Å². The quantitative estimate of drug-likeness (QED) is 0.116. The Hall–Kier alpha value is -2.22. The molecule has 0 aromatic heterocycles. The molecular formula is C48H62Cl2SiZr-4. The van der Waals surface area contributed by atoms with Crippen molar-refractivity contribution in [1.29, 1.82) is 0 Å². The Labute approximate surface area is 347 Å². The fraction of sp³-hybridized carbons (Fsp3) is 0.333. The molecule has 2 radical (unpaired) electrons. The normalized spacial score (nSPS) is 11.3. The van der Waals surface area contributed by atoms with Gasteiger partial charge >= 0.3 is 30.2 Å². The topological polar surface area (TPSA) is 0 Å². The number of rotatable bonds is 6. The van der Waals surface area contributed by atoms with Crippen molar-refractivity contribution in [2.75, 3.05) is 0 Å². The molecule has 1 atom stereocenters. The van der Waals surface area contributed by atoms with Gasteiger partial charge in [-0.3, -0.25) is 0 Å².